The zero-order valence-corrected chi connectivity index (χ0v) is 15.1. The van der Waals surface area contributed by atoms with E-state index >= 15 is 0 Å². The Bertz CT molecular complexity index is 200. The number of rotatable bonds is 11. The fraction of sp³-hybridized carbons (Fsp3) is 0.929. The Hall–Kier alpha value is 0.303. The van der Waals surface area contributed by atoms with Gasteiger partial charge in [-0.2, -0.15) is 0 Å². The molecule has 4 heteroatoms. The first-order valence-electron chi connectivity index (χ1n) is 7.42. The van der Waals surface area contributed by atoms with E-state index in [-0.39, 0.29) is 11.8 Å². The maximum atomic E-state index is 11.6. The molecule has 0 saturated heterocycles. The van der Waals surface area contributed by atoms with Crippen molar-refractivity contribution in [2.24, 2.45) is 0 Å². The van der Waals surface area contributed by atoms with Gasteiger partial charge < -0.3 is 0 Å². The molecule has 0 aliphatic heterocycles. The third kappa shape index (κ3) is 7.68. The summed E-state index contributed by atoms with van der Waals surface area (Å²) in [6.45, 7) is 6.61. The molecule has 0 unspecified atom stereocenters. The summed E-state index contributed by atoms with van der Waals surface area (Å²) in [4.78, 5) is 11.6. The van der Waals surface area contributed by atoms with Gasteiger partial charge in [-0.3, -0.25) is 0 Å². The molecule has 0 aliphatic carbocycles. The molecule has 0 N–H and O–H groups in total. The molecule has 0 aromatic heterocycles. The maximum absolute atomic E-state index is 11.6. The van der Waals surface area contributed by atoms with E-state index in [1.807, 2.05) is 0 Å². The van der Waals surface area contributed by atoms with E-state index in [0.29, 0.717) is 0 Å². The third-order valence-corrected chi connectivity index (χ3v) is 13.0. The summed E-state index contributed by atoms with van der Waals surface area (Å²) >= 11 is 3.17. The molecule has 0 aromatic carbocycles. The summed E-state index contributed by atoms with van der Waals surface area (Å²) in [5.41, 5.74) is 0. The van der Waals surface area contributed by atoms with Crippen molar-refractivity contribution in [3.05, 3.63) is 0 Å². The molecule has 0 aromatic rings. The molecular weight excluding hydrogens is 308 g/mol. The summed E-state index contributed by atoms with van der Waals surface area (Å²) in [5.74, 6) is -0.169. The Morgan fingerprint density at radius 3 is 1.61 bits per heavy atom. The second kappa shape index (κ2) is 11.2. The Morgan fingerprint density at radius 1 is 0.944 bits per heavy atom. The minimum atomic E-state index is -2.44. The van der Waals surface area contributed by atoms with E-state index in [4.69, 9.17) is 15.4 Å². The number of carbonyl (C=O) groups excluding carboxylic acids is 1. The molecule has 0 heterocycles. The van der Waals surface area contributed by atoms with Crippen molar-refractivity contribution in [2.75, 3.05) is 5.88 Å². The fourth-order valence-electron chi connectivity index (χ4n) is 2.29. The molecule has 18 heavy (non-hydrogen) atoms. The topological polar surface area (TPSA) is 26.3 Å². The Balaban J connectivity index is 4.66. The predicted molar refractivity (Wildman–Crippen MR) is 81.7 cm³/mol. The van der Waals surface area contributed by atoms with Crippen molar-refractivity contribution >= 4 is 31.2 Å². The molecule has 0 rings (SSSR count). The third-order valence-electron chi connectivity index (χ3n) is 3.40. The molecule has 0 aliphatic rings. The van der Waals surface area contributed by atoms with Crippen LogP contribution in [0.3, 0.4) is 0 Å². The first-order chi connectivity index (χ1) is 8.64. The average Bonchev–Trinajstić information content (AvgIpc) is 2.40. The van der Waals surface area contributed by atoms with E-state index in [0.717, 1.165) is 0 Å². The molecule has 0 spiro atoms. The zero-order chi connectivity index (χ0) is 13.9. The van der Waals surface area contributed by atoms with E-state index in [1.54, 1.807) is 0 Å². The van der Waals surface area contributed by atoms with Gasteiger partial charge in [-0.15, -0.1) is 0 Å². The molecule has 2 nitrogen and oxygen atoms in total. The van der Waals surface area contributed by atoms with E-state index in [1.165, 1.54) is 54.3 Å². The van der Waals surface area contributed by atoms with Crippen LogP contribution in [0.15, 0.2) is 0 Å². The fourth-order valence-corrected chi connectivity index (χ4v) is 12.2. The van der Waals surface area contributed by atoms with Crippen LogP contribution >= 0.6 is 11.6 Å². The average molecular weight is 337 g/mol. The Morgan fingerprint density at radius 2 is 1.33 bits per heavy atom. The predicted octanol–water partition coefficient (Wildman–Crippen LogP) is 5.11. The van der Waals surface area contributed by atoms with Gasteiger partial charge in [-0.1, -0.05) is 0 Å². The van der Waals surface area contributed by atoms with Crippen LogP contribution in [-0.2, 0) is 8.56 Å². The van der Waals surface area contributed by atoms with Crippen molar-refractivity contribution in [1.29, 1.82) is 0 Å². The molecule has 108 valence electrons. The van der Waals surface area contributed by atoms with Gasteiger partial charge >= 0.3 is 121 Å². The molecule has 0 radical (unpaired) electrons. The van der Waals surface area contributed by atoms with Crippen LogP contribution in [0.5, 0.6) is 0 Å². The second-order valence-electron chi connectivity index (χ2n) is 5.10. The van der Waals surface area contributed by atoms with Gasteiger partial charge in [0.2, 0.25) is 0 Å². The van der Waals surface area contributed by atoms with Crippen molar-refractivity contribution in [3.8, 4) is 0 Å². The molecule has 0 atom stereocenters. The van der Waals surface area contributed by atoms with Gasteiger partial charge in [0.05, 0.1) is 0 Å². The number of carbonyl (C=O) groups is 1. The molecule has 0 bridgehead atoms. The van der Waals surface area contributed by atoms with Crippen LogP contribution in [0.1, 0.15) is 59.3 Å². The van der Waals surface area contributed by atoms with Crippen LogP contribution in [0.2, 0.25) is 15.8 Å². The zero-order valence-electron chi connectivity index (χ0n) is 12.3. The summed E-state index contributed by atoms with van der Waals surface area (Å²) in [5, 5.41) is 3.50. The van der Waals surface area contributed by atoms with Crippen molar-refractivity contribution in [1.82, 2.24) is 0 Å². The van der Waals surface area contributed by atoms with E-state index in [9.17, 15) is 4.79 Å². The number of halogens is 1. The monoisotopic (exact) mass is 338 g/mol. The van der Waals surface area contributed by atoms with Gasteiger partial charge in [-0.05, 0) is 0 Å². The van der Waals surface area contributed by atoms with E-state index in [2.05, 4.69) is 20.8 Å². The summed E-state index contributed by atoms with van der Waals surface area (Å²) < 4.78 is 5.91. The Kier molecular flexibility index (Phi) is 11.3. The van der Waals surface area contributed by atoms with Gasteiger partial charge in [0.15, 0.2) is 0 Å². The van der Waals surface area contributed by atoms with Crippen LogP contribution in [0.4, 0.5) is 0 Å². The van der Waals surface area contributed by atoms with Crippen molar-refractivity contribution in [3.63, 3.8) is 0 Å². The van der Waals surface area contributed by atoms with Gasteiger partial charge in [0.25, 0.3) is 0 Å². The number of hydrogen-bond donors (Lipinski definition) is 0. The van der Waals surface area contributed by atoms with Gasteiger partial charge in [0.1, 0.15) is 0 Å². The van der Waals surface area contributed by atoms with E-state index < -0.39 is 13.6 Å². The quantitative estimate of drug-likeness (QED) is 0.387. The minimum absolute atomic E-state index is 0.0113. The normalized spacial score (nSPS) is 11.6. The van der Waals surface area contributed by atoms with Crippen LogP contribution in [-0.4, -0.2) is 25.5 Å². The molecule has 0 fully saturated rings. The van der Waals surface area contributed by atoms with Crippen LogP contribution in [0, 0.1) is 0 Å². The first kappa shape index (κ1) is 18.3. The molecule has 0 saturated carbocycles. The number of alkyl halides is 1. The van der Waals surface area contributed by atoms with Crippen LogP contribution in [0.25, 0.3) is 0 Å². The van der Waals surface area contributed by atoms with Crippen molar-refractivity contribution < 1.29 is 8.56 Å². The van der Waals surface area contributed by atoms with Gasteiger partial charge in [0, 0.05) is 0 Å². The SMILES string of the molecule is CCC[CH2][Ge]([CH2]CCC)([CH2]CCC)[O]C(=O)CCl. The molecular formula is C14H29ClGeO2. The van der Waals surface area contributed by atoms with Gasteiger partial charge in [-0.25, -0.2) is 0 Å². The summed E-state index contributed by atoms with van der Waals surface area (Å²) in [6.07, 6.45) is 7.14. The summed E-state index contributed by atoms with van der Waals surface area (Å²) in [7, 11) is 0. The van der Waals surface area contributed by atoms with Crippen molar-refractivity contribution in [2.45, 2.75) is 75.1 Å². The standard InChI is InChI=1S/C14H29ClGeO2/c1-4-7-10-16(11-8-5-2,12-9-6-3)18-14(17)13-15/h4-13H2,1-3H3. The van der Waals surface area contributed by atoms with Crippen LogP contribution < -0.4 is 0 Å². The first-order valence-corrected chi connectivity index (χ1v) is 13.3. The number of hydrogen-bond acceptors (Lipinski definition) is 2. The number of unbranched alkanes of at least 4 members (excludes halogenated alkanes) is 3. The second-order valence-corrected chi connectivity index (χ2v) is 13.9. The summed E-state index contributed by atoms with van der Waals surface area (Å²) in [6, 6.07) is 0. The Labute approximate surface area is 121 Å². The molecule has 0 amide bonds.